The van der Waals surface area contributed by atoms with Crippen LogP contribution in [0, 0.1) is 5.41 Å². The number of carboxylic acids is 1. The number of rotatable bonds is 3. The van der Waals surface area contributed by atoms with Crippen LogP contribution in [-0.2, 0) is 9.53 Å². The number of hydrogen-bond donors (Lipinski definition) is 2. The van der Waals surface area contributed by atoms with Gasteiger partial charge in [0.15, 0.2) is 0 Å². The molecule has 1 aliphatic rings. The third-order valence-corrected chi connectivity index (χ3v) is 3.44. The molecule has 20 heavy (non-hydrogen) atoms. The van der Waals surface area contributed by atoms with Crippen LogP contribution in [0.5, 0.6) is 0 Å². The van der Waals surface area contributed by atoms with E-state index in [4.69, 9.17) is 9.84 Å². The normalized spacial score (nSPS) is 27.2. The van der Waals surface area contributed by atoms with Crippen LogP contribution in [0.3, 0.4) is 0 Å². The van der Waals surface area contributed by atoms with Gasteiger partial charge in [0, 0.05) is 6.04 Å². The summed E-state index contributed by atoms with van der Waals surface area (Å²) in [6.07, 6.45) is -3.41. The zero-order chi connectivity index (χ0) is 15.6. The van der Waals surface area contributed by atoms with Crippen molar-refractivity contribution in [2.45, 2.75) is 64.5 Å². The fourth-order valence-corrected chi connectivity index (χ4v) is 2.28. The van der Waals surface area contributed by atoms with Crippen molar-refractivity contribution < 1.29 is 28.2 Å². The summed E-state index contributed by atoms with van der Waals surface area (Å²) in [5, 5.41) is 11.6. The van der Waals surface area contributed by atoms with Gasteiger partial charge in [0.05, 0.1) is 0 Å². The Labute approximate surface area is 116 Å². The van der Waals surface area contributed by atoms with Crippen LogP contribution in [0.2, 0.25) is 0 Å². The van der Waals surface area contributed by atoms with Crippen molar-refractivity contribution in [3.8, 4) is 0 Å². The second-order valence-corrected chi connectivity index (χ2v) is 6.18. The molecule has 0 atom stereocenters. The highest BCUT2D eigenvalue weighted by Crippen LogP contribution is 2.41. The van der Waals surface area contributed by atoms with Crippen LogP contribution in [0.25, 0.3) is 0 Å². The average Bonchev–Trinajstić information content (AvgIpc) is 2.26. The quantitative estimate of drug-likeness (QED) is 0.839. The molecule has 7 heteroatoms. The zero-order valence-corrected chi connectivity index (χ0v) is 11.9. The van der Waals surface area contributed by atoms with Gasteiger partial charge in [-0.15, -0.1) is 0 Å². The van der Waals surface area contributed by atoms with Crippen LogP contribution in [0.4, 0.5) is 13.6 Å². The summed E-state index contributed by atoms with van der Waals surface area (Å²) >= 11 is 0. The molecule has 2 N–H and O–H groups in total. The summed E-state index contributed by atoms with van der Waals surface area (Å²) in [7, 11) is 0. The number of carbonyl (C=O) groups is 2. The maximum atomic E-state index is 12.9. The monoisotopic (exact) mass is 293 g/mol. The van der Waals surface area contributed by atoms with E-state index in [0.29, 0.717) is 0 Å². The summed E-state index contributed by atoms with van der Waals surface area (Å²) in [4.78, 5) is 22.6. The van der Waals surface area contributed by atoms with E-state index in [2.05, 4.69) is 5.32 Å². The molecule has 0 spiro atoms. The maximum absolute atomic E-state index is 12.9. The molecule has 1 aliphatic carbocycles. The minimum Gasteiger partial charge on any atom is -0.481 e. The van der Waals surface area contributed by atoms with Gasteiger partial charge >= 0.3 is 12.1 Å². The van der Waals surface area contributed by atoms with Crippen molar-refractivity contribution in [1.29, 1.82) is 0 Å². The Kier molecular flexibility index (Phi) is 4.94. The topological polar surface area (TPSA) is 75.6 Å². The number of carboxylic acid groups (broad SMARTS) is 1. The molecule has 116 valence electrons. The van der Waals surface area contributed by atoms with E-state index < -0.39 is 29.5 Å². The summed E-state index contributed by atoms with van der Waals surface area (Å²) in [6.45, 7) is 5.17. The molecule has 0 aromatic carbocycles. The van der Waals surface area contributed by atoms with Gasteiger partial charge in [-0.3, -0.25) is 4.79 Å². The van der Waals surface area contributed by atoms with Crippen LogP contribution in [0.15, 0.2) is 0 Å². The molecule has 5 nitrogen and oxygen atoms in total. The van der Waals surface area contributed by atoms with Crippen LogP contribution in [-0.4, -0.2) is 35.2 Å². The number of ether oxygens (including phenoxy) is 1. The second-order valence-electron chi connectivity index (χ2n) is 6.18. The van der Waals surface area contributed by atoms with Crippen molar-refractivity contribution in [2.75, 3.05) is 0 Å². The highest BCUT2D eigenvalue weighted by atomic mass is 19.3. The van der Waals surface area contributed by atoms with E-state index in [0.717, 1.165) is 0 Å². The summed E-state index contributed by atoms with van der Waals surface area (Å²) < 4.78 is 31.0. The Morgan fingerprint density at radius 3 is 2.15 bits per heavy atom. The molecule has 0 heterocycles. The van der Waals surface area contributed by atoms with Crippen molar-refractivity contribution >= 4 is 12.1 Å². The predicted octanol–water partition coefficient (Wildman–Crippen LogP) is 2.79. The van der Waals surface area contributed by atoms with E-state index in [1.54, 1.807) is 20.8 Å². The lowest BCUT2D eigenvalue weighted by atomic mass is 9.72. The molecular formula is C13H21F2NO4. The van der Waals surface area contributed by atoms with Gasteiger partial charge in [-0.05, 0) is 46.5 Å². The third-order valence-electron chi connectivity index (χ3n) is 3.44. The van der Waals surface area contributed by atoms with E-state index in [1.165, 1.54) is 0 Å². The van der Waals surface area contributed by atoms with Gasteiger partial charge in [0.1, 0.15) is 11.0 Å². The molecular weight excluding hydrogens is 272 g/mol. The lowest BCUT2D eigenvalue weighted by Gasteiger charge is -2.36. The molecule has 1 amide bonds. The first-order valence-corrected chi connectivity index (χ1v) is 6.58. The maximum Gasteiger partial charge on any atom is 0.407 e. The molecule has 1 rings (SSSR count). The number of alkyl halides is 2. The van der Waals surface area contributed by atoms with Gasteiger partial charge in [0.2, 0.25) is 0 Å². The number of carbonyl (C=O) groups excluding carboxylic acids is 1. The minimum absolute atomic E-state index is 0.152. The molecule has 0 aromatic rings. The number of aliphatic carboxylic acids is 1. The summed E-state index contributed by atoms with van der Waals surface area (Å²) in [6, 6.07) is -0.323. The van der Waals surface area contributed by atoms with Crippen LogP contribution >= 0.6 is 0 Å². The average molecular weight is 293 g/mol. The van der Waals surface area contributed by atoms with Gasteiger partial charge in [-0.1, -0.05) is 0 Å². The Bertz CT molecular complexity index is 371. The number of amides is 1. The zero-order valence-electron chi connectivity index (χ0n) is 11.9. The predicted molar refractivity (Wildman–Crippen MR) is 67.7 cm³/mol. The van der Waals surface area contributed by atoms with Crippen molar-refractivity contribution in [3.63, 3.8) is 0 Å². The highest BCUT2D eigenvalue weighted by Gasteiger charge is 2.49. The second kappa shape index (κ2) is 5.93. The number of halogens is 2. The molecule has 0 radical (unpaired) electrons. The minimum atomic E-state index is -2.90. The van der Waals surface area contributed by atoms with Crippen molar-refractivity contribution in [2.24, 2.45) is 5.41 Å². The summed E-state index contributed by atoms with van der Waals surface area (Å²) in [5.41, 5.74) is -2.61. The number of nitrogens with one attached hydrogen (secondary N) is 1. The molecule has 0 aromatic heterocycles. The van der Waals surface area contributed by atoms with Crippen molar-refractivity contribution in [1.82, 2.24) is 5.32 Å². The molecule has 0 saturated heterocycles. The standard InChI is InChI=1S/C13H21F2NO4/c1-12(2,3)20-11(19)16-8-4-6-13(7-5-8,9(14)15)10(17)18/h8-9H,4-7H2,1-3H3,(H,16,19)(H,17,18). The van der Waals surface area contributed by atoms with E-state index in [1.807, 2.05) is 0 Å². The first-order chi connectivity index (χ1) is 9.07. The molecule has 0 bridgehead atoms. The smallest absolute Gasteiger partial charge is 0.407 e. The lowest BCUT2D eigenvalue weighted by molar-refractivity contribution is -0.163. The third kappa shape index (κ3) is 4.05. The molecule has 0 aliphatic heterocycles. The highest BCUT2D eigenvalue weighted by molar-refractivity contribution is 5.75. The fraction of sp³-hybridized carbons (Fsp3) is 0.846. The Hall–Kier alpha value is -1.40. The van der Waals surface area contributed by atoms with Crippen LogP contribution < -0.4 is 5.32 Å². The van der Waals surface area contributed by atoms with Gasteiger partial charge in [-0.25, -0.2) is 13.6 Å². The van der Waals surface area contributed by atoms with Gasteiger partial charge in [-0.2, -0.15) is 0 Å². The number of alkyl carbamates (subject to hydrolysis) is 1. The summed E-state index contributed by atoms with van der Waals surface area (Å²) in [5.74, 6) is -1.47. The lowest BCUT2D eigenvalue weighted by Crippen LogP contribution is -2.47. The Balaban J connectivity index is 2.54. The molecule has 1 saturated carbocycles. The number of hydrogen-bond acceptors (Lipinski definition) is 3. The van der Waals surface area contributed by atoms with Crippen LogP contribution in [0.1, 0.15) is 46.5 Å². The van der Waals surface area contributed by atoms with E-state index >= 15 is 0 Å². The molecule has 0 unspecified atom stereocenters. The van der Waals surface area contributed by atoms with Crippen molar-refractivity contribution in [3.05, 3.63) is 0 Å². The Morgan fingerprint density at radius 1 is 1.30 bits per heavy atom. The largest absolute Gasteiger partial charge is 0.481 e. The Morgan fingerprint density at radius 2 is 1.80 bits per heavy atom. The first kappa shape index (κ1) is 16.7. The van der Waals surface area contributed by atoms with E-state index in [9.17, 15) is 18.4 Å². The van der Waals surface area contributed by atoms with E-state index in [-0.39, 0.29) is 31.7 Å². The van der Waals surface area contributed by atoms with Gasteiger partial charge in [0.25, 0.3) is 6.43 Å². The fourth-order valence-electron chi connectivity index (χ4n) is 2.28. The molecule has 1 fully saturated rings. The SMILES string of the molecule is CC(C)(C)OC(=O)NC1CCC(C(=O)O)(C(F)F)CC1. The van der Waals surface area contributed by atoms with Gasteiger partial charge < -0.3 is 15.2 Å². The first-order valence-electron chi connectivity index (χ1n) is 6.58.